The fraction of sp³-hybridized carbons (Fsp3) is 0.522. The number of amides is 1. The molecule has 4 rings (SSSR count). The van der Waals surface area contributed by atoms with Crippen LogP contribution in [0.2, 0.25) is 0 Å². The highest BCUT2D eigenvalue weighted by atomic mass is 16.5. The molecule has 1 saturated carbocycles. The van der Waals surface area contributed by atoms with Crippen molar-refractivity contribution in [3.63, 3.8) is 0 Å². The molecular weight excluding hydrogens is 352 g/mol. The van der Waals surface area contributed by atoms with Crippen LogP contribution in [0.3, 0.4) is 0 Å². The number of rotatable bonds is 5. The SMILES string of the molecule is O=C(COc1ccc2ccccc2c1)NC1CCN(C2CCCCC2O)CC1. The van der Waals surface area contributed by atoms with Crippen LogP contribution in [0.25, 0.3) is 10.8 Å². The number of nitrogens with one attached hydrogen (secondary N) is 1. The number of carbonyl (C=O) groups is 1. The van der Waals surface area contributed by atoms with Crippen molar-refractivity contribution in [2.24, 2.45) is 0 Å². The number of piperidine rings is 1. The molecular formula is C23H30N2O3. The Hall–Kier alpha value is -2.11. The van der Waals surface area contributed by atoms with Crippen molar-refractivity contribution in [1.82, 2.24) is 10.2 Å². The second-order valence-electron chi connectivity index (χ2n) is 8.09. The fourth-order valence-electron chi connectivity index (χ4n) is 4.57. The van der Waals surface area contributed by atoms with E-state index in [0.29, 0.717) is 6.04 Å². The van der Waals surface area contributed by atoms with Gasteiger partial charge >= 0.3 is 0 Å². The molecule has 1 heterocycles. The normalized spacial score (nSPS) is 24.2. The minimum Gasteiger partial charge on any atom is -0.484 e. The molecule has 150 valence electrons. The second-order valence-corrected chi connectivity index (χ2v) is 8.09. The van der Waals surface area contributed by atoms with E-state index in [0.717, 1.165) is 61.7 Å². The highest BCUT2D eigenvalue weighted by molar-refractivity contribution is 5.84. The number of aliphatic hydroxyl groups excluding tert-OH is 1. The third-order valence-electron chi connectivity index (χ3n) is 6.15. The van der Waals surface area contributed by atoms with Gasteiger partial charge in [0, 0.05) is 25.2 Å². The lowest BCUT2D eigenvalue weighted by Gasteiger charge is -2.41. The van der Waals surface area contributed by atoms with E-state index < -0.39 is 0 Å². The average Bonchev–Trinajstić information content (AvgIpc) is 2.73. The summed E-state index contributed by atoms with van der Waals surface area (Å²) in [5.41, 5.74) is 0. The number of fused-ring (bicyclic) bond motifs is 1. The number of benzene rings is 2. The Kier molecular flexibility index (Phi) is 6.13. The molecule has 1 aliphatic heterocycles. The fourth-order valence-corrected chi connectivity index (χ4v) is 4.57. The van der Waals surface area contributed by atoms with Gasteiger partial charge < -0.3 is 15.2 Å². The van der Waals surface area contributed by atoms with E-state index in [4.69, 9.17) is 4.74 Å². The number of carbonyl (C=O) groups excluding carboxylic acids is 1. The summed E-state index contributed by atoms with van der Waals surface area (Å²) in [4.78, 5) is 14.7. The molecule has 28 heavy (non-hydrogen) atoms. The van der Waals surface area contributed by atoms with Crippen molar-refractivity contribution < 1.29 is 14.6 Å². The molecule has 2 N–H and O–H groups in total. The lowest BCUT2D eigenvalue weighted by Crippen LogP contribution is -2.52. The summed E-state index contributed by atoms with van der Waals surface area (Å²) in [6, 6.07) is 14.5. The smallest absolute Gasteiger partial charge is 0.258 e. The molecule has 0 radical (unpaired) electrons. The second kappa shape index (κ2) is 8.93. The van der Waals surface area contributed by atoms with E-state index in [-0.39, 0.29) is 24.7 Å². The standard InChI is InChI=1S/C23H30N2O3/c26-22-8-4-3-7-21(22)25-13-11-19(12-14-25)24-23(27)16-28-20-10-9-17-5-1-2-6-18(17)15-20/h1-2,5-6,9-10,15,19,21-22,26H,3-4,7-8,11-14,16H2,(H,24,27). The Morgan fingerprint density at radius 2 is 1.79 bits per heavy atom. The molecule has 0 aromatic heterocycles. The number of hydrogen-bond acceptors (Lipinski definition) is 4. The molecule has 1 saturated heterocycles. The minimum atomic E-state index is -0.185. The zero-order valence-corrected chi connectivity index (χ0v) is 16.3. The van der Waals surface area contributed by atoms with Crippen LogP contribution < -0.4 is 10.1 Å². The molecule has 2 atom stereocenters. The molecule has 2 fully saturated rings. The molecule has 2 aromatic carbocycles. The summed E-state index contributed by atoms with van der Waals surface area (Å²) in [6.45, 7) is 1.93. The molecule has 5 heteroatoms. The van der Waals surface area contributed by atoms with E-state index in [9.17, 15) is 9.90 Å². The molecule has 2 aromatic rings. The highest BCUT2D eigenvalue weighted by Gasteiger charge is 2.31. The molecule has 0 spiro atoms. The van der Waals surface area contributed by atoms with Gasteiger partial charge in [-0.15, -0.1) is 0 Å². The Morgan fingerprint density at radius 3 is 2.57 bits per heavy atom. The topological polar surface area (TPSA) is 61.8 Å². The van der Waals surface area contributed by atoms with Crippen molar-refractivity contribution >= 4 is 16.7 Å². The van der Waals surface area contributed by atoms with Crippen molar-refractivity contribution in [2.45, 2.75) is 56.7 Å². The van der Waals surface area contributed by atoms with Gasteiger partial charge in [-0.3, -0.25) is 9.69 Å². The summed E-state index contributed by atoms with van der Waals surface area (Å²) in [6.07, 6.45) is 6.06. The first-order chi connectivity index (χ1) is 13.7. The molecule has 0 bridgehead atoms. The predicted octanol–water partition coefficient (Wildman–Crippen LogP) is 3.10. The number of aliphatic hydroxyl groups is 1. The van der Waals surface area contributed by atoms with Crippen LogP contribution in [0.1, 0.15) is 38.5 Å². The Morgan fingerprint density at radius 1 is 1.04 bits per heavy atom. The van der Waals surface area contributed by atoms with Gasteiger partial charge in [0.05, 0.1) is 6.10 Å². The number of nitrogens with zero attached hydrogens (tertiary/aromatic N) is 1. The third-order valence-corrected chi connectivity index (χ3v) is 6.15. The van der Waals surface area contributed by atoms with Gasteiger partial charge in [-0.05, 0) is 48.6 Å². The van der Waals surface area contributed by atoms with Crippen LogP contribution in [0.4, 0.5) is 0 Å². The van der Waals surface area contributed by atoms with Crippen molar-refractivity contribution in [1.29, 1.82) is 0 Å². The van der Waals surface area contributed by atoms with E-state index in [2.05, 4.69) is 16.3 Å². The molecule has 2 unspecified atom stereocenters. The van der Waals surface area contributed by atoms with Crippen LogP contribution in [0.5, 0.6) is 5.75 Å². The number of likely N-dealkylation sites (tertiary alicyclic amines) is 1. The van der Waals surface area contributed by atoms with Gasteiger partial charge in [-0.25, -0.2) is 0 Å². The van der Waals surface area contributed by atoms with E-state index >= 15 is 0 Å². The van der Waals surface area contributed by atoms with Gasteiger partial charge in [0.1, 0.15) is 5.75 Å². The maximum absolute atomic E-state index is 12.3. The first-order valence-electron chi connectivity index (χ1n) is 10.5. The van der Waals surface area contributed by atoms with Crippen molar-refractivity contribution in [3.05, 3.63) is 42.5 Å². The summed E-state index contributed by atoms with van der Waals surface area (Å²) < 4.78 is 5.69. The summed E-state index contributed by atoms with van der Waals surface area (Å²) in [7, 11) is 0. The highest BCUT2D eigenvalue weighted by Crippen LogP contribution is 2.26. The Balaban J connectivity index is 1.22. The van der Waals surface area contributed by atoms with Crippen LogP contribution in [0, 0.1) is 0 Å². The monoisotopic (exact) mass is 382 g/mol. The molecule has 1 amide bonds. The van der Waals surface area contributed by atoms with E-state index in [1.165, 1.54) is 6.42 Å². The van der Waals surface area contributed by atoms with Crippen LogP contribution in [-0.4, -0.2) is 53.8 Å². The lowest BCUT2D eigenvalue weighted by atomic mass is 9.89. The van der Waals surface area contributed by atoms with E-state index in [1.807, 2.05) is 36.4 Å². The maximum atomic E-state index is 12.3. The van der Waals surface area contributed by atoms with Gasteiger partial charge in [-0.1, -0.05) is 43.2 Å². The molecule has 2 aliphatic rings. The average molecular weight is 383 g/mol. The Labute approximate surface area is 166 Å². The van der Waals surface area contributed by atoms with Gasteiger partial charge in [-0.2, -0.15) is 0 Å². The zero-order chi connectivity index (χ0) is 19.3. The number of ether oxygens (including phenoxy) is 1. The Bertz CT molecular complexity index is 801. The summed E-state index contributed by atoms with van der Waals surface area (Å²) >= 11 is 0. The van der Waals surface area contributed by atoms with Gasteiger partial charge in [0.25, 0.3) is 5.91 Å². The number of hydrogen-bond donors (Lipinski definition) is 2. The largest absolute Gasteiger partial charge is 0.484 e. The third kappa shape index (κ3) is 4.65. The molecule has 5 nitrogen and oxygen atoms in total. The van der Waals surface area contributed by atoms with Crippen molar-refractivity contribution in [3.8, 4) is 5.75 Å². The minimum absolute atomic E-state index is 0.0416. The quantitative estimate of drug-likeness (QED) is 0.834. The lowest BCUT2D eigenvalue weighted by molar-refractivity contribution is -0.124. The predicted molar refractivity (Wildman–Crippen MR) is 110 cm³/mol. The van der Waals surface area contributed by atoms with Crippen LogP contribution in [-0.2, 0) is 4.79 Å². The summed E-state index contributed by atoms with van der Waals surface area (Å²) in [5, 5.41) is 15.6. The maximum Gasteiger partial charge on any atom is 0.258 e. The van der Waals surface area contributed by atoms with Gasteiger partial charge in [0.2, 0.25) is 0 Å². The summed E-state index contributed by atoms with van der Waals surface area (Å²) in [5.74, 6) is 0.652. The molecule has 1 aliphatic carbocycles. The first-order valence-corrected chi connectivity index (χ1v) is 10.5. The van der Waals surface area contributed by atoms with Crippen LogP contribution in [0.15, 0.2) is 42.5 Å². The van der Waals surface area contributed by atoms with E-state index in [1.54, 1.807) is 0 Å². The van der Waals surface area contributed by atoms with Gasteiger partial charge in [0.15, 0.2) is 6.61 Å². The van der Waals surface area contributed by atoms with Crippen molar-refractivity contribution in [2.75, 3.05) is 19.7 Å². The van der Waals surface area contributed by atoms with Crippen LogP contribution >= 0.6 is 0 Å². The first kappa shape index (κ1) is 19.2. The zero-order valence-electron chi connectivity index (χ0n) is 16.3.